The minimum absolute atomic E-state index is 0.427. The van der Waals surface area contributed by atoms with Crippen molar-refractivity contribution in [2.75, 3.05) is 18.5 Å². The Hall–Kier alpha value is -1.81. The van der Waals surface area contributed by atoms with Gasteiger partial charge >= 0.3 is 0 Å². The Labute approximate surface area is 119 Å². The third-order valence-corrected chi connectivity index (χ3v) is 3.96. The molecular weight excluding hydrogens is 250 g/mol. The highest BCUT2D eigenvalue weighted by atomic mass is 16.5. The molecule has 1 aliphatic rings. The molecule has 1 aromatic heterocycles. The summed E-state index contributed by atoms with van der Waals surface area (Å²) >= 11 is 0. The molecule has 1 aromatic carbocycles. The van der Waals surface area contributed by atoms with Crippen LogP contribution in [-0.4, -0.2) is 29.0 Å². The van der Waals surface area contributed by atoms with Gasteiger partial charge in [-0.25, -0.2) is 0 Å². The van der Waals surface area contributed by atoms with E-state index in [1.165, 1.54) is 11.3 Å². The lowest BCUT2D eigenvalue weighted by Gasteiger charge is -2.22. The highest BCUT2D eigenvalue weighted by Gasteiger charge is 2.22. The van der Waals surface area contributed by atoms with Crippen LogP contribution in [0.4, 0.5) is 5.69 Å². The number of anilines is 1. The standard InChI is InChI=1S/C16H21N3O/c1-13(15-7-10-20-12-15)18-16-6-3-2-5-14(16)11-19-9-4-8-17-19/h2-6,8-9,13,15,18H,7,10-12H2,1H3. The van der Waals surface area contributed by atoms with Crippen LogP contribution in [0.2, 0.25) is 0 Å². The maximum Gasteiger partial charge on any atom is 0.0679 e. The normalized spacial score (nSPS) is 19.9. The molecule has 0 aliphatic carbocycles. The third-order valence-electron chi connectivity index (χ3n) is 3.96. The molecule has 0 bridgehead atoms. The molecule has 106 valence electrons. The molecule has 4 nitrogen and oxygen atoms in total. The summed E-state index contributed by atoms with van der Waals surface area (Å²) < 4.78 is 7.43. The quantitative estimate of drug-likeness (QED) is 0.909. The number of benzene rings is 1. The summed E-state index contributed by atoms with van der Waals surface area (Å²) in [6.45, 7) is 4.80. The van der Waals surface area contributed by atoms with Crippen molar-refractivity contribution in [2.24, 2.45) is 5.92 Å². The molecule has 4 heteroatoms. The number of hydrogen-bond donors (Lipinski definition) is 1. The number of para-hydroxylation sites is 1. The largest absolute Gasteiger partial charge is 0.382 e. The maximum absolute atomic E-state index is 5.48. The summed E-state index contributed by atoms with van der Waals surface area (Å²) in [5.74, 6) is 0.604. The Morgan fingerprint density at radius 1 is 1.40 bits per heavy atom. The highest BCUT2D eigenvalue weighted by Crippen LogP contribution is 2.23. The Kier molecular flexibility index (Phi) is 4.02. The SMILES string of the molecule is CC(Nc1ccccc1Cn1cccn1)C1CCOC1. The molecule has 1 N–H and O–H groups in total. The Morgan fingerprint density at radius 3 is 3.05 bits per heavy atom. The number of hydrogen-bond acceptors (Lipinski definition) is 3. The minimum atomic E-state index is 0.427. The van der Waals surface area contributed by atoms with Crippen LogP contribution < -0.4 is 5.32 Å². The van der Waals surface area contributed by atoms with Gasteiger partial charge in [0.05, 0.1) is 13.2 Å². The van der Waals surface area contributed by atoms with Crippen LogP contribution >= 0.6 is 0 Å². The number of nitrogens with zero attached hydrogens (tertiary/aromatic N) is 2. The van der Waals surface area contributed by atoms with Gasteiger partial charge in [-0.2, -0.15) is 5.10 Å². The van der Waals surface area contributed by atoms with Crippen LogP contribution in [-0.2, 0) is 11.3 Å². The molecule has 2 unspecified atom stereocenters. The first-order valence-corrected chi connectivity index (χ1v) is 7.22. The van der Waals surface area contributed by atoms with Crippen LogP contribution in [0.1, 0.15) is 18.9 Å². The van der Waals surface area contributed by atoms with Crippen LogP contribution in [0.5, 0.6) is 0 Å². The van der Waals surface area contributed by atoms with Gasteiger partial charge in [0.15, 0.2) is 0 Å². The summed E-state index contributed by atoms with van der Waals surface area (Å²) in [5.41, 5.74) is 2.46. The van der Waals surface area contributed by atoms with E-state index in [2.05, 4.69) is 41.6 Å². The Balaban J connectivity index is 1.72. The molecule has 0 radical (unpaired) electrons. The summed E-state index contributed by atoms with van der Waals surface area (Å²) in [6.07, 6.45) is 4.95. The molecule has 2 aromatic rings. The lowest BCUT2D eigenvalue weighted by Crippen LogP contribution is -2.26. The van der Waals surface area contributed by atoms with Gasteiger partial charge in [0, 0.05) is 36.6 Å². The first-order valence-electron chi connectivity index (χ1n) is 7.22. The molecule has 1 aliphatic heterocycles. The minimum Gasteiger partial charge on any atom is -0.382 e. The zero-order chi connectivity index (χ0) is 13.8. The van der Waals surface area contributed by atoms with Gasteiger partial charge in [0.1, 0.15) is 0 Å². The molecule has 1 fully saturated rings. The van der Waals surface area contributed by atoms with Crippen LogP contribution in [0.3, 0.4) is 0 Å². The molecule has 20 heavy (non-hydrogen) atoms. The number of aromatic nitrogens is 2. The highest BCUT2D eigenvalue weighted by molar-refractivity contribution is 5.51. The van der Waals surface area contributed by atoms with Crippen molar-refractivity contribution < 1.29 is 4.74 Å². The fraction of sp³-hybridized carbons (Fsp3) is 0.438. The van der Waals surface area contributed by atoms with Gasteiger partial charge < -0.3 is 10.1 Å². The van der Waals surface area contributed by atoms with E-state index in [0.29, 0.717) is 12.0 Å². The average Bonchev–Trinajstić information content (AvgIpc) is 3.13. The molecular formula is C16H21N3O. The van der Waals surface area contributed by atoms with Crippen molar-refractivity contribution in [2.45, 2.75) is 25.9 Å². The maximum atomic E-state index is 5.48. The van der Waals surface area contributed by atoms with Gasteiger partial charge in [0.2, 0.25) is 0 Å². The molecule has 0 saturated carbocycles. The van der Waals surface area contributed by atoms with Crippen molar-refractivity contribution in [1.29, 1.82) is 0 Å². The second kappa shape index (κ2) is 6.09. The summed E-state index contributed by atoms with van der Waals surface area (Å²) in [4.78, 5) is 0. The van der Waals surface area contributed by atoms with Crippen molar-refractivity contribution >= 4 is 5.69 Å². The summed E-state index contributed by atoms with van der Waals surface area (Å²) in [6, 6.07) is 10.8. The monoisotopic (exact) mass is 271 g/mol. The van der Waals surface area contributed by atoms with E-state index in [4.69, 9.17) is 4.74 Å². The molecule has 2 atom stereocenters. The predicted octanol–water partition coefficient (Wildman–Crippen LogP) is 2.77. The lowest BCUT2D eigenvalue weighted by atomic mass is 10.00. The summed E-state index contributed by atoms with van der Waals surface area (Å²) in [7, 11) is 0. The first-order chi connectivity index (χ1) is 9.83. The molecule has 1 saturated heterocycles. The number of nitrogens with one attached hydrogen (secondary N) is 1. The number of rotatable bonds is 5. The van der Waals surface area contributed by atoms with E-state index in [9.17, 15) is 0 Å². The topological polar surface area (TPSA) is 39.1 Å². The van der Waals surface area contributed by atoms with Gasteiger partial charge in [-0.05, 0) is 31.0 Å². The van der Waals surface area contributed by atoms with E-state index in [1.807, 2.05) is 23.1 Å². The molecule has 0 spiro atoms. The van der Waals surface area contributed by atoms with E-state index >= 15 is 0 Å². The van der Waals surface area contributed by atoms with Gasteiger partial charge in [-0.15, -0.1) is 0 Å². The summed E-state index contributed by atoms with van der Waals surface area (Å²) in [5, 5.41) is 7.92. The Morgan fingerprint density at radius 2 is 2.30 bits per heavy atom. The fourth-order valence-corrected chi connectivity index (χ4v) is 2.68. The molecule has 3 rings (SSSR count). The second-order valence-electron chi connectivity index (χ2n) is 5.42. The van der Waals surface area contributed by atoms with Crippen molar-refractivity contribution in [3.63, 3.8) is 0 Å². The predicted molar refractivity (Wildman–Crippen MR) is 79.8 cm³/mol. The van der Waals surface area contributed by atoms with E-state index < -0.39 is 0 Å². The van der Waals surface area contributed by atoms with Gasteiger partial charge in [-0.3, -0.25) is 4.68 Å². The van der Waals surface area contributed by atoms with Crippen LogP contribution in [0.25, 0.3) is 0 Å². The van der Waals surface area contributed by atoms with Crippen molar-refractivity contribution in [1.82, 2.24) is 9.78 Å². The fourth-order valence-electron chi connectivity index (χ4n) is 2.68. The number of ether oxygens (including phenoxy) is 1. The van der Waals surface area contributed by atoms with E-state index in [-0.39, 0.29) is 0 Å². The van der Waals surface area contributed by atoms with Gasteiger partial charge in [0.25, 0.3) is 0 Å². The van der Waals surface area contributed by atoms with Gasteiger partial charge in [-0.1, -0.05) is 18.2 Å². The van der Waals surface area contributed by atoms with E-state index in [0.717, 1.165) is 26.2 Å². The lowest BCUT2D eigenvalue weighted by molar-refractivity contribution is 0.183. The first kappa shape index (κ1) is 13.2. The second-order valence-corrected chi connectivity index (χ2v) is 5.42. The Bertz CT molecular complexity index is 532. The van der Waals surface area contributed by atoms with Crippen LogP contribution in [0, 0.1) is 5.92 Å². The average molecular weight is 271 g/mol. The van der Waals surface area contributed by atoms with Crippen molar-refractivity contribution in [3.05, 3.63) is 48.3 Å². The zero-order valence-electron chi connectivity index (χ0n) is 11.8. The molecule has 0 amide bonds. The van der Waals surface area contributed by atoms with Crippen LogP contribution in [0.15, 0.2) is 42.7 Å². The molecule has 2 heterocycles. The smallest absolute Gasteiger partial charge is 0.0679 e. The zero-order valence-corrected chi connectivity index (χ0v) is 11.8. The van der Waals surface area contributed by atoms with E-state index in [1.54, 1.807) is 0 Å². The third kappa shape index (κ3) is 3.02. The van der Waals surface area contributed by atoms with Crippen molar-refractivity contribution in [3.8, 4) is 0 Å².